The monoisotopic (exact) mass is 301 g/mol. The first-order valence-electron chi connectivity index (χ1n) is 5.34. The summed E-state index contributed by atoms with van der Waals surface area (Å²) in [6, 6.07) is 2.42. The van der Waals surface area contributed by atoms with Crippen molar-refractivity contribution < 1.29 is 15.0 Å². The number of hydrogen-bond acceptors (Lipinski definition) is 3. The molecule has 0 saturated carbocycles. The average Bonchev–Trinajstić information content (AvgIpc) is 2.20. The molecule has 5 heteroatoms. The Bertz CT molecular complexity index is 432. The Morgan fingerprint density at radius 3 is 2.53 bits per heavy atom. The lowest BCUT2D eigenvalue weighted by atomic mass is 9.96. The molecule has 1 rings (SSSR count). The third kappa shape index (κ3) is 3.44. The van der Waals surface area contributed by atoms with Gasteiger partial charge in [0.15, 0.2) is 0 Å². The Morgan fingerprint density at radius 2 is 2.06 bits per heavy atom. The van der Waals surface area contributed by atoms with E-state index in [0.717, 1.165) is 0 Å². The maximum Gasteiger partial charge on any atom is 0.335 e. The van der Waals surface area contributed by atoms with E-state index in [0.29, 0.717) is 22.4 Å². The number of nitrogens with two attached hydrogens (primary N) is 1. The van der Waals surface area contributed by atoms with E-state index >= 15 is 0 Å². The number of carboxylic acids is 1. The molecule has 0 aromatic heterocycles. The highest BCUT2D eigenvalue weighted by Gasteiger charge is 2.18. The number of phenols is 1. The highest BCUT2D eigenvalue weighted by molar-refractivity contribution is 9.10. The normalized spacial score (nSPS) is 12.8. The van der Waals surface area contributed by atoms with Crippen LogP contribution in [0.3, 0.4) is 0 Å². The van der Waals surface area contributed by atoms with Gasteiger partial charge in [-0.25, -0.2) is 4.79 Å². The third-order valence-electron chi connectivity index (χ3n) is 2.46. The van der Waals surface area contributed by atoms with Crippen LogP contribution in [0.25, 0.3) is 0 Å². The van der Waals surface area contributed by atoms with Crippen molar-refractivity contribution in [3.05, 3.63) is 27.7 Å². The van der Waals surface area contributed by atoms with Gasteiger partial charge in [-0.1, -0.05) is 13.8 Å². The molecule has 0 aliphatic carbocycles. The maximum atomic E-state index is 10.9. The minimum Gasteiger partial charge on any atom is -0.506 e. The van der Waals surface area contributed by atoms with Crippen LogP contribution in [0.15, 0.2) is 16.6 Å². The van der Waals surface area contributed by atoms with Gasteiger partial charge in [-0.05, 0) is 40.4 Å². The zero-order chi connectivity index (χ0) is 13.2. The van der Waals surface area contributed by atoms with E-state index in [1.807, 2.05) is 13.8 Å². The van der Waals surface area contributed by atoms with Gasteiger partial charge in [0, 0.05) is 11.6 Å². The topological polar surface area (TPSA) is 83.6 Å². The Hall–Kier alpha value is -1.07. The summed E-state index contributed by atoms with van der Waals surface area (Å²) in [5.74, 6) is -0.650. The van der Waals surface area contributed by atoms with Crippen molar-refractivity contribution in [1.29, 1.82) is 0 Å². The molecule has 0 radical (unpaired) electrons. The summed E-state index contributed by atoms with van der Waals surface area (Å²) < 4.78 is 0.353. The predicted molar refractivity (Wildman–Crippen MR) is 69.1 cm³/mol. The number of benzene rings is 1. The van der Waals surface area contributed by atoms with Crippen molar-refractivity contribution in [3.8, 4) is 5.75 Å². The number of rotatable bonds is 4. The van der Waals surface area contributed by atoms with Gasteiger partial charge in [-0.3, -0.25) is 0 Å². The Balaban J connectivity index is 3.17. The molecule has 0 heterocycles. The Labute approximate surface area is 109 Å². The lowest BCUT2D eigenvalue weighted by Crippen LogP contribution is -2.14. The molecule has 1 atom stereocenters. The molecule has 0 amide bonds. The molecular weight excluding hydrogens is 286 g/mol. The summed E-state index contributed by atoms with van der Waals surface area (Å²) in [4.78, 5) is 10.9. The van der Waals surface area contributed by atoms with Gasteiger partial charge in [0.1, 0.15) is 5.75 Å². The molecule has 0 aliphatic rings. The van der Waals surface area contributed by atoms with Crippen LogP contribution in [0.5, 0.6) is 5.75 Å². The van der Waals surface area contributed by atoms with Crippen LogP contribution >= 0.6 is 15.9 Å². The van der Waals surface area contributed by atoms with Crippen LogP contribution in [0.4, 0.5) is 0 Å². The number of aromatic carboxylic acids is 1. The van der Waals surface area contributed by atoms with Gasteiger partial charge >= 0.3 is 5.97 Å². The summed E-state index contributed by atoms with van der Waals surface area (Å²) in [5.41, 5.74) is 6.54. The second-order valence-corrected chi connectivity index (χ2v) is 5.29. The van der Waals surface area contributed by atoms with Crippen LogP contribution < -0.4 is 5.73 Å². The standard InChI is InChI=1S/C12H16BrNO3/c1-6(2)3-10(14)8-4-7(12(16)17)5-9(13)11(8)15/h4-6,10,15H,3,14H2,1-2H3,(H,16,17)/t10-/m1/s1. The zero-order valence-electron chi connectivity index (χ0n) is 9.77. The van der Waals surface area contributed by atoms with E-state index in [-0.39, 0.29) is 17.4 Å². The van der Waals surface area contributed by atoms with Gasteiger partial charge in [-0.2, -0.15) is 0 Å². The molecule has 17 heavy (non-hydrogen) atoms. The van der Waals surface area contributed by atoms with Gasteiger partial charge in [0.25, 0.3) is 0 Å². The molecule has 0 unspecified atom stereocenters. The van der Waals surface area contributed by atoms with Crippen LogP contribution in [-0.4, -0.2) is 16.2 Å². The average molecular weight is 302 g/mol. The van der Waals surface area contributed by atoms with Gasteiger partial charge in [0.2, 0.25) is 0 Å². The Kier molecular flexibility index (Phi) is 4.54. The second-order valence-electron chi connectivity index (χ2n) is 4.44. The van der Waals surface area contributed by atoms with E-state index < -0.39 is 5.97 Å². The van der Waals surface area contributed by atoms with Crippen molar-refractivity contribution in [3.63, 3.8) is 0 Å². The van der Waals surface area contributed by atoms with Gasteiger partial charge in [-0.15, -0.1) is 0 Å². The van der Waals surface area contributed by atoms with E-state index in [9.17, 15) is 9.90 Å². The minimum atomic E-state index is -1.04. The lowest BCUT2D eigenvalue weighted by Gasteiger charge is -2.17. The Morgan fingerprint density at radius 1 is 1.47 bits per heavy atom. The van der Waals surface area contributed by atoms with E-state index in [4.69, 9.17) is 10.8 Å². The quantitative estimate of drug-likeness (QED) is 0.798. The van der Waals surface area contributed by atoms with Crippen molar-refractivity contribution in [1.82, 2.24) is 0 Å². The lowest BCUT2D eigenvalue weighted by molar-refractivity contribution is 0.0696. The SMILES string of the molecule is CC(C)C[C@@H](N)c1cc(C(=O)O)cc(Br)c1O. The largest absolute Gasteiger partial charge is 0.506 e. The summed E-state index contributed by atoms with van der Waals surface area (Å²) in [7, 11) is 0. The summed E-state index contributed by atoms with van der Waals surface area (Å²) >= 11 is 3.13. The number of halogens is 1. The maximum absolute atomic E-state index is 10.9. The van der Waals surface area contributed by atoms with E-state index in [1.54, 1.807) is 0 Å². The zero-order valence-corrected chi connectivity index (χ0v) is 11.4. The number of aromatic hydroxyl groups is 1. The number of hydrogen-bond donors (Lipinski definition) is 3. The smallest absolute Gasteiger partial charge is 0.335 e. The van der Waals surface area contributed by atoms with E-state index in [1.165, 1.54) is 12.1 Å². The van der Waals surface area contributed by atoms with Crippen molar-refractivity contribution >= 4 is 21.9 Å². The number of phenolic OH excluding ortho intramolecular Hbond substituents is 1. The molecule has 1 aromatic rings. The van der Waals surface area contributed by atoms with Gasteiger partial charge in [0.05, 0.1) is 10.0 Å². The van der Waals surface area contributed by atoms with Crippen LogP contribution in [0.1, 0.15) is 42.2 Å². The molecule has 0 fully saturated rings. The van der Waals surface area contributed by atoms with Crippen molar-refractivity contribution in [2.24, 2.45) is 11.7 Å². The van der Waals surface area contributed by atoms with Crippen LogP contribution in [0, 0.1) is 5.92 Å². The molecule has 0 bridgehead atoms. The molecule has 0 spiro atoms. The summed E-state index contributed by atoms with van der Waals surface area (Å²) in [6.07, 6.45) is 0.684. The first-order valence-corrected chi connectivity index (χ1v) is 6.13. The molecule has 0 aliphatic heterocycles. The van der Waals surface area contributed by atoms with Crippen LogP contribution in [0.2, 0.25) is 0 Å². The minimum absolute atomic E-state index is 0.0168. The predicted octanol–water partition coefficient (Wildman–Crippen LogP) is 2.90. The fourth-order valence-electron chi connectivity index (χ4n) is 1.66. The highest BCUT2D eigenvalue weighted by Crippen LogP contribution is 2.34. The highest BCUT2D eigenvalue weighted by atomic mass is 79.9. The molecule has 0 saturated heterocycles. The van der Waals surface area contributed by atoms with Gasteiger partial charge < -0.3 is 15.9 Å². The summed E-state index contributed by atoms with van der Waals surface area (Å²) in [5, 5.41) is 18.8. The first kappa shape index (κ1) is 14.0. The first-order chi connectivity index (χ1) is 7.82. The van der Waals surface area contributed by atoms with Crippen molar-refractivity contribution in [2.45, 2.75) is 26.3 Å². The molecule has 94 valence electrons. The van der Waals surface area contributed by atoms with Crippen LogP contribution in [-0.2, 0) is 0 Å². The summed E-state index contributed by atoms with van der Waals surface area (Å²) in [6.45, 7) is 4.04. The molecular formula is C12H16BrNO3. The number of carboxylic acid groups (broad SMARTS) is 1. The molecule has 4 nitrogen and oxygen atoms in total. The number of carbonyl (C=O) groups is 1. The molecule has 1 aromatic carbocycles. The van der Waals surface area contributed by atoms with Crippen molar-refractivity contribution in [2.75, 3.05) is 0 Å². The molecule has 4 N–H and O–H groups in total. The fraction of sp³-hybridized carbons (Fsp3) is 0.417. The van der Waals surface area contributed by atoms with E-state index in [2.05, 4.69) is 15.9 Å². The fourth-order valence-corrected chi connectivity index (χ4v) is 2.14. The third-order valence-corrected chi connectivity index (χ3v) is 3.07. The second kappa shape index (κ2) is 5.51.